The van der Waals surface area contributed by atoms with Crippen LogP contribution in [0.1, 0.15) is 6.92 Å². The fourth-order valence-electron chi connectivity index (χ4n) is 0.300. The first-order chi connectivity index (χ1) is 3.68. The molecule has 2 heteroatoms. The van der Waals surface area contributed by atoms with Gasteiger partial charge in [-0.3, -0.25) is 0 Å². The molecule has 0 fully saturated rings. The lowest BCUT2D eigenvalue weighted by Gasteiger charge is -2.06. The van der Waals surface area contributed by atoms with E-state index in [1.54, 1.807) is 0 Å². The highest BCUT2D eigenvalue weighted by molar-refractivity contribution is 4.92. The predicted octanol–water partition coefficient (Wildman–Crippen LogP) is 0.118. The van der Waals surface area contributed by atoms with E-state index < -0.39 is 12.2 Å². The summed E-state index contributed by atoms with van der Waals surface area (Å²) in [5, 5.41) is 17.4. The Labute approximate surface area is 49.5 Å². The summed E-state index contributed by atoms with van der Waals surface area (Å²) in [6.45, 7) is 4.87. The standard InChI is InChI=1S/C6H11O2/c1-3-4-6(8)5(2)7/h3-8H,1H2,2H3. The van der Waals surface area contributed by atoms with E-state index in [-0.39, 0.29) is 0 Å². The Morgan fingerprint density at radius 2 is 2.00 bits per heavy atom. The molecule has 2 unspecified atom stereocenters. The van der Waals surface area contributed by atoms with Crippen LogP contribution in [0.3, 0.4) is 0 Å². The second kappa shape index (κ2) is 3.64. The molecule has 0 rings (SSSR count). The van der Waals surface area contributed by atoms with E-state index in [0.29, 0.717) is 0 Å². The normalized spacial score (nSPS) is 19.0. The summed E-state index contributed by atoms with van der Waals surface area (Å²) in [4.78, 5) is 0. The lowest BCUT2D eigenvalue weighted by Crippen LogP contribution is -2.19. The van der Waals surface area contributed by atoms with Crippen molar-refractivity contribution in [2.45, 2.75) is 19.1 Å². The molecule has 0 aromatic rings. The summed E-state index contributed by atoms with van der Waals surface area (Å²) in [6.07, 6.45) is 1.42. The van der Waals surface area contributed by atoms with Gasteiger partial charge >= 0.3 is 0 Å². The number of rotatable bonds is 2. The SMILES string of the molecule is [CH2]C=CC(O)C(C)O. The minimum Gasteiger partial charge on any atom is -0.390 e. The monoisotopic (exact) mass is 115 g/mol. The number of hydrogen-bond acceptors (Lipinski definition) is 2. The molecule has 0 heterocycles. The number of allylic oxidation sites excluding steroid dienone is 1. The van der Waals surface area contributed by atoms with Crippen LogP contribution >= 0.6 is 0 Å². The third kappa shape index (κ3) is 2.77. The van der Waals surface area contributed by atoms with Gasteiger partial charge < -0.3 is 10.2 Å². The van der Waals surface area contributed by atoms with Gasteiger partial charge in [0.25, 0.3) is 0 Å². The van der Waals surface area contributed by atoms with E-state index in [2.05, 4.69) is 6.92 Å². The third-order valence-corrected chi connectivity index (χ3v) is 0.828. The average molecular weight is 115 g/mol. The van der Waals surface area contributed by atoms with E-state index >= 15 is 0 Å². The van der Waals surface area contributed by atoms with Gasteiger partial charge in [-0.1, -0.05) is 12.2 Å². The van der Waals surface area contributed by atoms with Crippen molar-refractivity contribution in [2.24, 2.45) is 0 Å². The van der Waals surface area contributed by atoms with Gasteiger partial charge in [0, 0.05) is 0 Å². The fraction of sp³-hybridized carbons (Fsp3) is 0.500. The minimum absolute atomic E-state index is 0.701. The van der Waals surface area contributed by atoms with Crippen molar-refractivity contribution in [3.05, 3.63) is 19.1 Å². The van der Waals surface area contributed by atoms with Gasteiger partial charge in [0.2, 0.25) is 0 Å². The zero-order valence-corrected chi connectivity index (χ0v) is 4.91. The van der Waals surface area contributed by atoms with E-state index in [9.17, 15) is 0 Å². The summed E-state index contributed by atoms with van der Waals surface area (Å²) in [7, 11) is 0. The van der Waals surface area contributed by atoms with Gasteiger partial charge in [0.15, 0.2) is 0 Å². The maximum atomic E-state index is 8.75. The Bertz CT molecular complexity index is 76.6. The third-order valence-electron chi connectivity index (χ3n) is 0.828. The molecule has 2 nitrogen and oxygen atoms in total. The highest BCUT2D eigenvalue weighted by Crippen LogP contribution is 1.91. The van der Waals surface area contributed by atoms with Crippen LogP contribution in [0.2, 0.25) is 0 Å². The highest BCUT2D eigenvalue weighted by Gasteiger charge is 2.03. The molecule has 0 bridgehead atoms. The van der Waals surface area contributed by atoms with Crippen LogP contribution in [-0.4, -0.2) is 22.4 Å². The van der Waals surface area contributed by atoms with Crippen molar-refractivity contribution in [3.8, 4) is 0 Å². The first-order valence-corrected chi connectivity index (χ1v) is 2.50. The summed E-state index contributed by atoms with van der Waals surface area (Å²) in [6, 6.07) is 0. The first kappa shape index (κ1) is 7.66. The maximum absolute atomic E-state index is 8.75. The topological polar surface area (TPSA) is 40.5 Å². The molecule has 0 saturated carbocycles. The molecule has 0 saturated heterocycles. The van der Waals surface area contributed by atoms with Crippen LogP contribution < -0.4 is 0 Å². The van der Waals surface area contributed by atoms with Crippen molar-refractivity contribution < 1.29 is 10.2 Å². The Kier molecular flexibility index (Phi) is 3.48. The highest BCUT2D eigenvalue weighted by atomic mass is 16.3. The summed E-state index contributed by atoms with van der Waals surface area (Å²) < 4.78 is 0. The molecular formula is C6H11O2. The Balaban J connectivity index is 3.47. The number of hydrogen-bond donors (Lipinski definition) is 2. The summed E-state index contributed by atoms with van der Waals surface area (Å²) >= 11 is 0. The van der Waals surface area contributed by atoms with Crippen LogP contribution in [0.25, 0.3) is 0 Å². The smallest absolute Gasteiger partial charge is 0.0977 e. The lowest BCUT2D eigenvalue weighted by atomic mass is 10.2. The van der Waals surface area contributed by atoms with Crippen molar-refractivity contribution in [2.75, 3.05) is 0 Å². The second-order valence-corrected chi connectivity index (χ2v) is 1.66. The Hall–Kier alpha value is -0.340. The molecular weight excluding hydrogens is 104 g/mol. The largest absolute Gasteiger partial charge is 0.390 e. The number of aliphatic hydroxyl groups is 2. The van der Waals surface area contributed by atoms with Crippen LogP contribution in [0.15, 0.2) is 12.2 Å². The zero-order chi connectivity index (χ0) is 6.57. The van der Waals surface area contributed by atoms with Crippen molar-refractivity contribution in [3.63, 3.8) is 0 Å². The van der Waals surface area contributed by atoms with Crippen LogP contribution in [0.4, 0.5) is 0 Å². The zero-order valence-electron chi connectivity index (χ0n) is 4.91. The summed E-state index contributed by atoms with van der Waals surface area (Å²) in [5.41, 5.74) is 0. The average Bonchev–Trinajstić information content (AvgIpc) is 1.67. The molecule has 8 heavy (non-hydrogen) atoms. The van der Waals surface area contributed by atoms with E-state index in [1.165, 1.54) is 19.1 Å². The fourth-order valence-corrected chi connectivity index (χ4v) is 0.300. The molecule has 0 aliphatic carbocycles. The van der Waals surface area contributed by atoms with Gasteiger partial charge in [0.1, 0.15) is 0 Å². The maximum Gasteiger partial charge on any atom is 0.0977 e. The van der Waals surface area contributed by atoms with Crippen molar-refractivity contribution in [1.82, 2.24) is 0 Å². The molecule has 0 aromatic carbocycles. The van der Waals surface area contributed by atoms with Crippen molar-refractivity contribution >= 4 is 0 Å². The van der Waals surface area contributed by atoms with E-state index in [1.807, 2.05) is 0 Å². The predicted molar refractivity (Wildman–Crippen MR) is 32.2 cm³/mol. The van der Waals surface area contributed by atoms with E-state index in [0.717, 1.165) is 0 Å². The number of aliphatic hydroxyl groups excluding tert-OH is 2. The Morgan fingerprint density at radius 1 is 1.50 bits per heavy atom. The summed E-state index contributed by atoms with van der Waals surface area (Å²) in [5.74, 6) is 0. The van der Waals surface area contributed by atoms with Crippen LogP contribution in [0, 0.1) is 6.92 Å². The van der Waals surface area contributed by atoms with Crippen LogP contribution in [-0.2, 0) is 0 Å². The van der Waals surface area contributed by atoms with Gasteiger partial charge in [0.05, 0.1) is 12.2 Å². The van der Waals surface area contributed by atoms with Gasteiger partial charge in [-0.2, -0.15) is 0 Å². The lowest BCUT2D eigenvalue weighted by molar-refractivity contribution is 0.0619. The van der Waals surface area contributed by atoms with Gasteiger partial charge in [-0.05, 0) is 13.8 Å². The molecule has 2 atom stereocenters. The molecule has 0 aromatic heterocycles. The van der Waals surface area contributed by atoms with Gasteiger partial charge in [-0.15, -0.1) is 0 Å². The molecule has 47 valence electrons. The first-order valence-electron chi connectivity index (χ1n) is 2.50. The molecule has 0 aliphatic rings. The molecule has 0 aliphatic heterocycles. The molecule has 0 spiro atoms. The van der Waals surface area contributed by atoms with E-state index in [4.69, 9.17) is 10.2 Å². The second-order valence-electron chi connectivity index (χ2n) is 1.66. The quantitative estimate of drug-likeness (QED) is 0.536. The van der Waals surface area contributed by atoms with Crippen molar-refractivity contribution in [1.29, 1.82) is 0 Å². The van der Waals surface area contributed by atoms with Gasteiger partial charge in [-0.25, -0.2) is 0 Å². The molecule has 2 N–H and O–H groups in total. The minimum atomic E-state index is -0.771. The Morgan fingerprint density at radius 3 is 2.12 bits per heavy atom. The molecule has 1 radical (unpaired) electrons. The molecule has 0 amide bonds. The van der Waals surface area contributed by atoms with Crippen LogP contribution in [0.5, 0.6) is 0 Å².